The number of H-pyrrole nitrogens is 1. The lowest BCUT2D eigenvalue weighted by Gasteiger charge is -2.42. The van der Waals surface area contributed by atoms with Crippen LogP contribution in [0.2, 0.25) is 0 Å². The molecule has 1 N–H and O–H groups in total. The number of aromatic amines is 1. The van der Waals surface area contributed by atoms with Crippen LogP contribution in [0.25, 0.3) is 10.9 Å². The Bertz CT molecular complexity index is 1130. The van der Waals surface area contributed by atoms with Gasteiger partial charge in [-0.1, -0.05) is 0 Å². The molecule has 9 nitrogen and oxygen atoms in total. The van der Waals surface area contributed by atoms with Crippen molar-refractivity contribution in [2.45, 2.75) is 30.2 Å². The van der Waals surface area contributed by atoms with Crippen molar-refractivity contribution >= 4 is 26.7 Å². The maximum atomic E-state index is 13.0. The van der Waals surface area contributed by atoms with Crippen LogP contribution in [0.3, 0.4) is 0 Å². The average Bonchev–Trinajstić information content (AvgIpc) is 3.09. The van der Waals surface area contributed by atoms with E-state index in [2.05, 4.69) is 31.2 Å². The lowest BCUT2D eigenvalue weighted by molar-refractivity contribution is 0.319. The zero-order valence-corrected chi connectivity index (χ0v) is 16.1. The molecule has 27 heavy (non-hydrogen) atoms. The van der Waals surface area contributed by atoms with Gasteiger partial charge in [0.15, 0.2) is 0 Å². The molecular weight excluding hydrogens is 366 g/mol. The molecule has 0 atom stereocenters. The lowest BCUT2D eigenvalue weighted by atomic mass is 10.1. The zero-order chi connectivity index (χ0) is 18.8. The van der Waals surface area contributed by atoms with Crippen molar-refractivity contribution in [2.24, 2.45) is 7.05 Å². The van der Waals surface area contributed by atoms with Gasteiger partial charge in [-0.15, -0.1) is 0 Å². The molecule has 2 fully saturated rings. The van der Waals surface area contributed by atoms with Crippen molar-refractivity contribution in [3.63, 3.8) is 0 Å². The molecule has 0 bridgehead atoms. The molecule has 0 radical (unpaired) electrons. The molecule has 2 aliphatic rings. The van der Waals surface area contributed by atoms with Gasteiger partial charge in [-0.3, -0.25) is 9.78 Å². The third kappa shape index (κ3) is 2.54. The topological polar surface area (TPSA) is 100 Å². The number of aromatic nitrogens is 5. The monoisotopic (exact) mass is 387 g/mol. The molecule has 0 unspecified atom stereocenters. The van der Waals surface area contributed by atoms with Crippen molar-refractivity contribution in [1.29, 1.82) is 0 Å². The first-order valence-corrected chi connectivity index (χ1v) is 10.4. The van der Waals surface area contributed by atoms with Gasteiger partial charge in [-0.05, 0) is 25.8 Å². The summed E-state index contributed by atoms with van der Waals surface area (Å²) in [4.78, 5) is 7.13. The SMILES string of the molecule is Cc1n[nH]c2cnc(N3CCN(S(=O)(=O)c4cnn(C)c4)CC34CC4)cc12. The second-order valence-electron chi connectivity index (χ2n) is 7.46. The predicted octanol–water partition coefficient (Wildman–Crippen LogP) is 1.04. The van der Waals surface area contributed by atoms with Gasteiger partial charge in [0, 0.05) is 38.3 Å². The molecule has 5 rings (SSSR count). The fourth-order valence-electron chi connectivity index (χ4n) is 3.94. The van der Waals surface area contributed by atoms with Crippen molar-refractivity contribution in [3.8, 4) is 0 Å². The number of anilines is 1. The highest BCUT2D eigenvalue weighted by atomic mass is 32.2. The standard InChI is InChI=1S/C17H21N7O2S/c1-12-14-7-16(18-9-15(14)21-20-12)24-6-5-23(11-17(24)3-4-17)27(25,26)13-8-19-22(2)10-13/h7-10H,3-6,11H2,1-2H3,(H,20,21). The summed E-state index contributed by atoms with van der Waals surface area (Å²) in [7, 11) is -1.80. The fraction of sp³-hybridized carbons (Fsp3) is 0.471. The predicted molar refractivity (Wildman–Crippen MR) is 99.9 cm³/mol. The number of fused-ring (bicyclic) bond motifs is 1. The Hall–Kier alpha value is -2.46. The number of aryl methyl sites for hydroxylation is 2. The molecule has 142 valence electrons. The van der Waals surface area contributed by atoms with E-state index in [0.717, 1.165) is 35.3 Å². The van der Waals surface area contributed by atoms with E-state index in [4.69, 9.17) is 0 Å². The highest BCUT2D eigenvalue weighted by Crippen LogP contribution is 2.47. The van der Waals surface area contributed by atoms with Gasteiger partial charge in [0.25, 0.3) is 0 Å². The molecule has 1 saturated carbocycles. The quantitative estimate of drug-likeness (QED) is 0.721. The summed E-state index contributed by atoms with van der Waals surface area (Å²) < 4.78 is 29.0. The molecule has 1 saturated heterocycles. The number of nitrogens with one attached hydrogen (secondary N) is 1. The highest BCUT2D eigenvalue weighted by molar-refractivity contribution is 7.89. The minimum absolute atomic E-state index is 0.161. The second kappa shape index (κ2) is 5.52. The first-order valence-electron chi connectivity index (χ1n) is 8.96. The fourth-order valence-corrected chi connectivity index (χ4v) is 5.44. The molecule has 4 heterocycles. The van der Waals surface area contributed by atoms with Crippen molar-refractivity contribution < 1.29 is 8.42 Å². The van der Waals surface area contributed by atoms with Crippen LogP contribution in [-0.2, 0) is 17.1 Å². The molecule has 10 heteroatoms. The molecule has 1 spiro atoms. The molecular formula is C17H21N7O2S. The zero-order valence-electron chi connectivity index (χ0n) is 15.3. The normalized spacial score (nSPS) is 19.9. The summed E-state index contributed by atoms with van der Waals surface area (Å²) in [5.74, 6) is 0.892. The van der Waals surface area contributed by atoms with E-state index in [9.17, 15) is 8.42 Å². The summed E-state index contributed by atoms with van der Waals surface area (Å²) in [6.45, 7) is 3.50. The van der Waals surface area contributed by atoms with Crippen LogP contribution in [0.5, 0.6) is 0 Å². The molecule has 1 aliphatic carbocycles. The van der Waals surface area contributed by atoms with Gasteiger partial charge in [0.2, 0.25) is 10.0 Å². The van der Waals surface area contributed by atoms with Gasteiger partial charge < -0.3 is 4.90 Å². The molecule has 1 aliphatic heterocycles. The van der Waals surface area contributed by atoms with E-state index in [1.54, 1.807) is 23.7 Å². The number of pyridine rings is 1. The van der Waals surface area contributed by atoms with E-state index >= 15 is 0 Å². The summed E-state index contributed by atoms with van der Waals surface area (Å²) in [6, 6.07) is 2.06. The van der Waals surface area contributed by atoms with E-state index in [-0.39, 0.29) is 10.4 Å². The Morgan fingerprint density at radius 2 is 2.04 bits per heavy atom. The van der Waals surface area contributed by atoms with Crippen LogP contribution in [0.15, 0.2) is 29.6 Å². The number of hydrogen-bond donors (Lipinski definition) is 1. The Labute approximate surface area is 157 Å². The molecule has 0 amide bonds. The maximum absolute atomic E-state index is 13.0. The van der Waals surface area contributed by atoms with Crippen LogP contribution in [0, 0.1) is 6.92 Å². The Balaban J connectivity index is 1.45. The maximum Gasteiger partial charge on any atom is 0.246 e. The number of nitrogens with zero attached hydrogens (tertiary/aromatic N) is 6. The number of piperazine rings is 1. The minimum atomic E-state index is -3.52. The van der Waals surface area contributed by atoms with Gasteiger partial charge in [0.05, 0.1) is 29.1 Å². The molecule has 3 aromatic rings. The smallest absolute Gasteiger partial charge is 0.246 e. The summed E-state index contributed by atoms with van der Waals surface area (Å²) in [5, 5.41) is 12.3. The molecule has 3 aromatic heterocycles. The Morgan fingerprint density at radius 1 is 1.22 bits per heavy atom. The van der Waals surface area contributed by atoms with Crippen molar-refractivity contribution in [3.05, 3.63) is 30.4 Å². The Kier molecular flexibility index (Phi) is 3.41. The van der Waals surface area contributed by atoms with Crippen LogP contribution in [-0.4, -0.2) is 62.9 Å². The number of rotatable bonds is 3. The number of hydrogen-bond acceptors (Lipinski definition) is 6. The lowest BCUT2D eigenvalue weighted by Crippen LogP contribution is -2.56. The molecule has 0 aromatic carbocycles. The van der Waals surface area contributed by atoms with Crippen molar-refractivity contribution in [2.75, 3.05) is 24.5 Å². The highest BCUT2D eigenvalue weighted by Gasteiger charge is 2.54. The van der Waals surface area contributed by atoms with Crippen LogP contribution in [0.4, 0.5) is 5.82 Å². The van der Waals surface area contributed by atoms with Crippen LogP contribution in [0.1, 0.15) is 18.5 Å². The van der Waals surface area contributed by atoms with E-state index in [1.165, 1.54) is 10.9 Å². The third-order valence-electron chi connectivity index (χ3n) is 5.66. The van der Waals surface area contributed by atoms with Gasteiger partial charge >= 0.3 is 0 Å². The van der Waals surface area contributed by atoms with Crippen molar-refractivity contribution in [1.82, 2.24) is 29.3 Å². The number of sulfonamides is 1. The summed E-state index contributed by atoms with van der Waals surface area (Å²) in [6.07, 6.45) is 6.71. The van der Waals surface area contributed by atoms with Crippen LogP contribution >= 0.6 is 0 Å². The Morgan fingerprint density at radius 3 is 2.74 bits per heavy atom. The van der Waals surface area contributed by atoms with Gasteiger partial charge in [-0.25, -0.2) is 13.4 Å². The average molecular weight is 387 g/mol. The first kappa shape index (κ1) is 16.7. The van der Waals surface area contributed by atoms with Crippen LogP contribution < -0.4 is 4.90 Å². The summed E-state index contributed by atoms with van der Waals surface area (Å²) in [5.41, 5.74) is 1.70. The largest absolute Gasteiger partial charge is 0.348 e. The van der Waals surface area contributed by atoms with E-state index in [1.807, 2.05) is 6.92 Å². The third-order valence-corrected chi connectivity index (χ3v) is 7.46. The first-order chi connectivity index (χ1) is 12.9. The van der Waals surface area contributed by atoms with E-state index < -0.39 is 10.0 Å². The summed E-state index contributed by atoms with van der Waals surface area (Å²) >= 11 is 0. The van der Waals surface area contributed by atoms with Gasteiger partial charge in [0.1, 0.15) is 10.7 Å². The minimum Gasteiger partial charge on any atom is -0.348 e. The second-order valence-corrected chi connectivity index (χ2v) is 9.40. The van der Waals surface area contributed by atoms with Gasteiger partial charge in [-0.2, -0.15) is 14.5 Å². The van der Waals surface area contributed by atoms with E-state index in [0.29, 0.717) is 19.6 Å².